The molecule has 2 aromatic rings. The fraction of sp³-hybridized carbons (Fsp3) is 0.235. The van der Waals surface area contributed by atoms with Crippen LogP contribution in [0.3, 0.4) is 0 Å². The van der Waals surface area contributed by atoms with Gasteiger partial charge in [-0.05, 0) is 36.6 Å². The number of hydrogen-bond acceptors (Lipinski definition) is 2. The van der Waals surface area contributed by atoms with E-state index < -0.39 is 0 Å². The molecule has 0 heterocycles. The van der Waals surface area contributed by atoms with E-state index in [0.29, 0.717) is 11.6 Å². The van der Waals surface area contributed by atoms with Crippen LogP contribution in [-0.2, 0) is 0 Å². The first-order chi connectivity index (χ1) is 9.79. The van der Waals surface area contributed by atoms with E-state index in [2.05, 4.69) is 6.07 Å². The van der Waals surface area contributed by atoms with Gasteiger partial charge in [-0.1, -0.05) is 48.0 Å². The number of nitrogens with zero attached hydrogens (tertiary/aromatic N) is 1. The first kappa shape index (κ1) is 14.4. The smallest absolute Gasteiger partial charge is 0.120 e. The van der Waals surface area contributed by atoms with Crippen molar-refractivity contribution in [1.29, 1.82) is 5.26 Å². The Morgan fingerprint density at radius 1 is 1.10 bits per heavy atom. The zero-order chi connectivity index (χ0) is 14.2. The van der Waals surface area contributed by atoms with Crippen LogP contribution in [0.1, 0.15) is 24.3 Å². The Kier molecular flexibility index (Phi) is 5.46. The van der Waals surface area contributed by atoms with Crippen LogP contribution in [0, 0.1) is 11.3 Å². The molecule has 20 heavy (non-hydrogen) atoms. The van der Waals surface area contributed by atoms with E-state index in [0.717, 1.165) is 24.2 Å². The summed E-state index contributed by atoms with van der Waals surface area (Å²) in [4.78, 5) is 0. The van der Waals surface area contributed by atoms with Crippen molar-refractivity contribution in [3.63, 3.8) is 0 Å². The van der Waals surface area contributed by atoms with Crippen LogP contribution in [0.4, 0.5) is 0 Å². The van der Waals surface area contributed by atoms with Crippen molar-refractivity contribution in [2.75, 3.05) is 6.61 Å². The van der Waals surface area contributed by atoms with Gasteiger partial charge in [-0.2, -0.15) is 5.26 Å². The number of nitriles is 1. The highest BCUT2D eigenvalue weighted by atomic mass is 35.5. The summed E-state index contributed by atoms with van der Waals surface area (Å²) in [5.74, 6) is 0.699. The van der Waals surface area contributed by atoms with Gasteiger partial charge in [0.05, 0.1) is 18.6 Å². The largest absolute Gasteiger partial charge is 0.494 e. The van der Waals surface area contributed by atoms with E-state index in [1.165, 1.54) is 0 Å². The van der Waals surface area contributed by atoms with Gasteiger partial charge < -0.3 is 4.74 Å². The molecule has 0 aliphatic carbocycles. The second kappa shape index (κ2) is 7.57. The highest BCUT2D eigenvalue weighted by molar-refractivity contribution is 6.30. The Morgan fingerprint density at radius 3 is 2.60 bits per heavy atom. The van der Waals surface area contributed by atoms with Crippen LogP contribution in [0.15, 0.2) is 54.6 Å². The number of benzene rings is 2. The van der Waals surface area contributed by atoms with E-state index in [4.69, 9.17) is 16.3 Å². The van der Waals surface area contributed by atoms with Crippen LogP contribution in [-0.4, -0.2) is 6.61 Å². The predicted octanol–water partition coefficient (Wildman–Crippen LogP) is 4.81. The molecule has 0 spiro atoms. The minimum Gasteiger partial charge on any atom is -0.494 e. The lowest BCUT2D eigenvalue weighted by Gasteiger charge is -2.10. The number of rotatable bonds is 6. The molecule has 0 saturated carbocycles. The normalized spacial score (nSPS) is 11.6. The van der Waals surface area contributed by atoms with Crippen molar-refractivity contribution < 1.29 is 4.74 Å². The second-order valence-electron chi connectivity index (χ2n) is 4.54. The molecule has 0 N–H and O–H groups in total. The molecule has 0 fully saturated rings. The molecule has 0 amide bonds. The zero-order valence-electron chi connectivity index (χ0n) is 11.1. The van der Waals surface area contributed by atoms with Gasteiger partial charge in [0.2, 0.25) is 0 Å². The number of ether oxygens (including phenoxy) is 1. The molecule has 2 aromatic carbocycles. The first-order valence-corrected chi connectivity index (χ1v) is 7.00. The molecule has 1 unspecified atom stereocenters. The van der Waals surface area contributed by atoms with Crippen molar-refractivity contribution in [3.8, 4) is 11.8 Å². The van der Waals surface area contributed by atoms with Crippen LogP contribution < -0.4 is 4.74 Å². The van der Waals surface area contributed by atoms with Gasteiger partial charge in [0.15, 0.2) is 0 Å². The average molecular weight is 286 g/mol. The maximum absolute atomic E-state index is 9.22. The fourth-order valence-electron chi connectivity index (χ4n) is 2.03. The molecule has 3 heteroatoms. The topological polar surface area (TPSA) is 33.0 Å². The lowest BCUT2D eigenvalue weighted by molar-refractivity contribution is 0.305. The van der Waals surface area contributed by atoms with E-state index in [1.54, 1.807) is 6.07 Å². The van der Waals surface area contributed by atoms with E-state index in [9.17, 15) is 5.26 Å². The highest BCUT2D eigenvalue weighted by Gasteiger charge is 2.09. The van der Waals surface area contributed by atoms with Crippen molar-refractivity contribution in [1.82, 2.24) is 0 Å². The summed E-state index contributed by atoms with van der Waals surface area (Å²) in [6.45, 7) is 0.589. The number of halogens is 1. The zero-order valence-corrected chi connectivity index (χ0v) is 11.9. The van der Waals surface area contributed by atoms with Crippen LogP contribution in [0.2, 0.25) is 5.02 Å². The quantitative estimate of drug-likeness (QED) is 0.714. The monoisotopic (exact) mass is 285 g/mol. The summed E-state index contributed by atoms with van der Waals surface area (Å²) in [6.07, 6.45) is 1.63. The molecular weight excluding hydrogens is 270 g/mol. The molecule has 0 bridgehead atoms. The molecule has 0 saturated heterocycles. The average Bonchev–Trinajstić information content (AvgIpc) is 2.48. The highest BCUT2D eigenvalue weighted by Crippen LogP contribution is 2.21. The van der Waals surface area contributed by atoms with Crippen molar-refractivity contribution in [2.24, 2.45) is 0 Å². The maximum atomic E-state index is 9.22. The maximum Gasteiger partial charge on any atom is 0.120 e. The summed E-state index contributed by atoms with van der Waals surface area (Å²) in [5.41, 5.74) is 1.07. The Labute approximate surface area is 124 Å². The third kappa shape index (κ3) is 4.29. The van der Waals surface area contributed by atoms with Gasteiger partial charge in [0.25, 0.3) is 0 Å². The fourth-order valence-corrected chi connectivity index (χ4v) is 2.21. The van der Waals surface area contributed by atoms with Crippen molar-refractivity contribution >= 4 is 11.6 Å². The van der Waals surface area contributed by atoms with Crippen LogP contribution in [0.25, 0.3) is 0 Å². The van der Waals surface area contributed by atoms with Crippen LogP contribution >= 0.6 is 11.6 Å². The number of hydrogen-bond donors (Lipinski definition) is 0. The molecule has 2 rings (SSSR count). The summed E-state index contributed by atoms with van der Waals surface area (Å²) >= 11 is 5.89. The summed E-state index contributed by atoms with van der Waals surface area (Å²) in [5, 5.41) is 9.89. The van der Waals surface area contributed by atoms with Crippen molar-refractivity contribution in [3.05, 3.63) is 65.2 Å². The first-order valence-electron chi connectivity index (χ1n) is 6.62. The Balaban J connectivity index is 1.79. The van der Waals surface area contributed by atoms with E-state index in [-0.39, 0.29) is 5.92 Å². The lowest BCUT2D eigenvalue weighted by atomic mass is 9.96. The standard InChI is InChI=1S/C17H16ClNO/c18-16-9-4-10-17(12-16)20-11-5-8-15(13-19)14-6-2-1-3-7-14/h1-4,6-7,9-10,12,15H,5,8,11H2. The summed E-state index contributed by atoms with van der Waals surface area (Å²) in [6, 6.07) is 19.6. The van der Waals surface area contributed by atoms with Gasteiger partial charge in [0, 0.05) is 5.02 Å². The Hall–Kier alpha value is -1.98. The minimum atomic E-state index is -0.0702. The molecule has 0 aromatic heterocycles. The summed E-state index contributed by atoms with van der Waals surface area (Å²) in [7, 11) is 0. The van der Waals surface area contributed by atoms with Gasteiger partial charge in [-0.15, -0.1) is 0 Å². The van der Waals surface area contributed by atoms with Crippen molar-refractivity contribution in [2.45, 2.75) is 18.8 Å². The van der Waals surface area contributed by atoms with E-state index >= 15 is 0 Å². The molecular formula is C17H16ClNO. The minimum absolute atomic E-state index is 0.0702. The Morgan fingerprint density at radius 2 is 1.90 bits per heavy atom. The van der Waals surface area contributed by atoms with Gasteiger partial charge >= 0.3 is 0 Å². The third-order valence-electron chi connectivity index (χ3n) is 3.06. The van der Waals surface area contributed by atoms with Gasteiger partial charge in [-0.3, -0.25) is 0 Å². The second-order valence-corrected chi connectivity index (χ2v) is 4.98. The van der Waals surface area contributed by atoms with Crippen LogP contribution in [0.5, 0.6) is 5.75 Å². The molecule has 0 radical (unpaired) electrons. The molecule has 102 valence electrons. The molecule has 1 atom stereocenters. The Bertz CT molecular complexity index is 577. The van der Waals surface area contributed by atoms with Gasteiger partial charge in [0.1, 0.15) is 5.75 Å². The SMILES string of the molecule is N#CC(CCCOc1cccc(Cl)c1)c1ccccc1. The third-order valence-corrected chi connectivity index (χ3v) is 3.29. The van der Waals surface area contributed by atoms with E-state index in [1.807, 2.05) is 48.5 Å². The molecule has 0 aliphatic rings. The van der Waals surface area contributed by atoms with Gasteiger partial charge in [-0.25, -0.2) is 0 Å². The summed E-state index contributed by atoms with van der Waals surface area (Å²) < 4.78 is 5.62. The molecule has 0 aliphatic heterocycles. The molecule has 2 nitrogen and oxygen atoms in total. The lowest BCUT2D eigenvalue weighted by Crippen LogP contribution is -2.02. The predicted molar refractivity (Wildman–Crippen MR) is 81.0 cm³/mol.